The van der Waals surface area contributed by atoms with Crippen LogP contribution < -0.4 is 14.9 Å². The summed E-state index contributed by atoms with van der Waals surface area (Å²) in [6.45, 7) is -1.11. The van der Waals surface area contributed by atoms with Crippen molar-refractivity contribution < 1.29 is 23.0 Å². The molecule has 7 heteroatoms. The van der Waals surface area contributed by atoms with Crippen molar-refractivity contribution in [1.82, 2.24) is 5.43 Å². The molecule has 0 heterocycles. The molecule has 0 radical (unpaired) electrons. The van der Waals surface area contributed by atoms with Crippen LogP contribution in [0.3, 0.4) is 0 Å². The van der Waals surface area contributed by atoms with Crippen LogP contribution in [0.25, 0.3) is 0 Å². The van der Waals surface area contributed by atoms with E-state index in [-0.39, 0.29) is 17.4 Å². The van der Waals surface area contributed by atoms with Gasteiger partial charge < -0.3 is 9.47 Å². The predicted octanol–water partition coefficient (Wildman–Crippen LogP) is 3.37. The van der Waals surface area contributed by atoms with E-state index in [1.54, 1.807) is 12.1 Å². The van der Waals surface area contributed by atoms with Crippen molar-refractivity contribution in [3.63, 3.8) is 0 Å². The van der Waals surface area contributed by atoms with E-state index >= 15 is 0 Å². The molecule has 24 heavy (non-hydrogen) atoms. The lowest BCUT2D eigenvalue weighted by atomic mass is 10.1. The molecule has 5 nitrogen and oxygen atoms in total. The molecule has 1 N–H and O–H groups in total. The van der Waals surface area contributed by atoms with Crippen molar-refractivity contribution in [1.29, 1.82) is 0 Å². The smallest absolute Gasteiger partial charge is 0.387 e. The van der Waals surface area contributed by atoms with Gasteiger partial charge in [0.25, 0.3) is 5.91 Å². The van der Waals surface area contributed by atoms with Gasteiger partial charge in [0.2, 0.25) is 0 Å². The SMILES string of the molecule is COc1cc(/C=N\NC(=O)c2ccccc2C)ccc1OC(F)F. The maximum Gasteiger partial charge on any atom is 0.387 e. The van der Waals surface area contributed by atoms with Crippen LogP contribution in [0.2, 0.25) is 0 Å². The summed E-state index contributed by atoms with van der Waals surface area (Å²) in [5.41, 5.74) is 4.32. The van der Waals surface area contributed by atoms with Crippen LogP contribution in [0.4, 0.5) is 8.78 Å². The molecule has 2 aromatic rings. The second-order valence-electron chi connectivity index (χ2n) is 4.80. The Morgan fingerprint density at radius 1 is 1.21 bits per heavy atom. The first-order chi connectivity index (χ1) is 11.5. The molecule has 0 aliphatic rings. The zero-order valence-corrected chi connectivity index (χ0v) is 13.1. The second-order valence-corrected chi connectivity index (χ2v) is 4.80. The average molecular weight is 334 g/mol. The van der Waals surface area contributed by atoms with Gasteiger partial charge in [-0.25, -0.2) is 5.43 Å². The van der Waals surface area contributed by atoms with Gasteiger partial charge in [-0.05, 0) is 42.3 Å². The van der Waals surface area contributed by atoms with Gasteiger partial charge in [-0.15, -0.1) is 0 Å². The Labute approximate surface area is 137 Å². The molecule has 0 atom stereocenters. The van der Waals surface area contributed by atoms with E-state index in [1.165, 1.54) is 31.5 Å². The van der Waals surface area contributed by atoms with Crippen LogP contribution >= 0.6 is 0 Å². The molecule has 1 amide bonds. The molecule has 0 aromatic heterocycles. The summed E-state index contributed by atoms with van der Waals surface area (Å²) < 4.78 is 33.9. The molecule has 0 aliphatic heterocycles. The number of hydrazone groups is 1. The van der Waals surface area contributed by atoms with Gasteiger partial charge in [0, 0.05) is 5.56 Å². The van der Waals surface area contributed by atoms with Crippen molar-refractivity contribution >= 4 is 12.1 Å². The van der Waals surface area contributed by atoms with Crippen molar-refractivity contribution in [3.8, 4) is 11.5 Å². The van der Waals surface area contributed by atoms with Gasteiger partial charge in [-0.2, -0.15) is 13.9 Å². The maximum absolute atomic E-state index is 12.3. The Hall–Kier alpha value is -2.96. The van der Waals surface area contributed by atoms with Gasteiger partial charge in [-0.3, -0.25) is 4.79 Å². The molecule has 126 valence electrons. The van der Waals surface area contributed by atoms with Crippen LogP contribution in [0, 0.1) is 6.92 Å². The Morgan fingerprint density at radius 3 is 2.62 bits per heavy atom. The number of benzene rings is 2. The van der Waals surface area contributed by atoms with Crippen LogP contribution in [0.1, 0.15) is 21.5 Å². The fraction of sp³-hybridized carbons (Fsp3) is 0.176. The highest BCUT2D eigenvalue weighted by molar-refractivity contribution is 5.96. The van der Waals surface area contributed by atoms with Gasteiger partial charge in [0.1, 0.15) is 0 Å². The molecule has 0 bridgehead atoms. The van der Waals surface area contributed by atoms with E-state index < -0.39 is 6.61 Å². The Kier molecular flexibility index (Phi) is 5.83. The number of rotatable bonds is 6. The molecule has 2 aromatic carbocycles. The molecule has 0 spiro atoms. The summed E-state index contributed by atoms with van der Waals surface area (Å²) in [4.78, 5) is 12.0. The number of aryl methyl sites for hydroxylation is 1. The minimum Gasteiger partial charge on any atom is -0.493 e. The third kappa shape index (κ3) is 4.52. The van der Waals surface area contributed by atoms with Crippen LogP contribution in [-0.2, 0) is 0 Å². The quantitative estimate of drug-likeness (QED) is 0.651. The molecule has 0 saturated heterocycles. The van der Waals surface area contributed by atoms with Crippen LogP contribution in [-0.4, -0.2) is 25.8 Å². The lowest BCUT2D eigenvalue weighted by Crippen LogP contribution is -2.18. The van der Waals surface area contributed by atoms with E-state index in [9.17, 15) is 13.6 Å². The summed E-state index contributed by atoms with van der Waals surface area (Å²) >= 11 is 0. The summed E-state index contributed by atoms with van der Waals surface area (Å²) in [6.07, 6.45) is 1.38. The zero-order valence-electron chi connectivity index (χ0n) is 13.1. The van der Waals surface area contributed by atoms with Crippen LogP contribution in [0.15, 0.2) is 47.6 Å². The first-order valence-electron chi connectivity index (χ1n) is 7.03. The van der Waals surface area contributed by atoms with Gasteiger partial charge in [0.05, 0.1) is 13.3 Å². The molecule has 0 fully saturated rings. The van der Waals surface area contributed by atoms with E-state index in [4.69, 9.17) is 4.74 Å². The Balaban J connectivity index is 2.06. The number of alkyl halides is 2. The molecular weight excluding hydrogens is 318 g/mol. The summed E-state index contributed by atoms with van der Waals surface area (Å²) in [5, 5.41) is 3.86. The van der Waals surface area contributed by atoms with E-state index in [0.717, 1.165) is 5.56 Å². The number of hydrogen-bond acceptors (Lipinski definition) is 4. The van der Waals surface area contributed by atoms with E-state index in [1.807, 2.05) is 19.1 Å². The summed E-state index contributed by atoms with van der Waals surface area (Å²) in [5.74, 6) is -0.271. The summed E-state index contributed by atoms with van der Waals surface area (Å²) in [7, 11) is 1.34. The van der Waals surface area contributed by atoms with E-state index in [0.29, 0.717) is 11.1 Å². The van der Waals surface area contributed by atoms with Crippen molar-refractivity contribution in [2.24, 2.45) is 5.10 Å². The number of hydrogen-bond donors (Lipinski definition) is 1. The molecule has 0 aliphatic carbocycles. The fourth-order valence-corrected chi connectivity index (χ4v) is 2.01. The number of ether oxygens (including phenoxy) is 2. The number of nitrogens with one attached hydrogen (secondary N) is 1. The number of methoxy groups -OCH3 is 1. The highest BCUT2D eigenvalue weighted by atomic mass is 19.3. The Bertz CT molecular complexity index is 748. The number of carbonyl (C=O) groups is 1. The molecule has 0 unspecified atom stereocenters. The Morgan fingerprint density at radius 2 is 1.96 bits per heavy atom. The lowest BCUT2D eigenvalue weighted by molar-refractivity contribution is -0.0512. The third-order valence-electron chi connectivity index (χ3n) is 3.17. The van der Waals surface area contributed by atoms with Gasteiger partial charge in [0.15, 0.2) is 11.5 Å². The molecular formula is C17H16F2N2O3. The second kappa shape index (κ2) is 8.05. The van der Waals surface area contributed by atoms with E-state index in [2.05, 4.69) is 15.3 Å². The minimum absolute atomic E-state index is 0.0754. The minimum atomic E-state index is -2.94. The van der Waals surface area contributed by atoms with Gasteiger partial charge >= 0.3 is 6.61 Å². The van der Waals surface area contributed by atoms with Crippen molar-refractivity contribution in [3.05, 3.63) is 59.2 Å². The largest absolute Gasteiger partial charge is 0.493 e. The molecule has 0 saturated carbocycles. The zero-order chi connectivity index (χ0) is 17.5. The maximum atomic E-state index is 12.3. The third-order valence-corrected chi connectivity index (χ3v) is 3.17. The molecule has 2 rings (SSSR count). The monoisotopic (exact) mass is 334 g/mol. The highest BCUT2D eigenvalue weighted by Crippen LogP contribution is 2.28. The van der Waals surface area contributed by atoms with Gasteiger partial charge in [-0.1, -0.05) is 18.2 Å². The first-order valence-corrected chi connectivity index (χ1v) is 7.03. The predicted molar refractivity (Wildman–Crippen MR) is 85.9 cm³/mol. The highest BCUT2D eigenvalue weighted by Gasteiger charge is 2.10. The number of amides is 1. The average Bonchev–Trinajstić information content (AvgIpc) is 2.56. The number of halogens is 2. The lowest BCUT2D eigenvalue weighted by Gasteiger charge is -2.10. The first kappa shape index (κ1) is 17.4. The number of nitrogens with zero attached hydrogens (tertiary/aromatic N) is 1. The topological polar surface area (TPSA) is 59.9 Å². The van der Waals surface area contributed by atoms with Crippen molar-refractivity contribution in [2.45, 2.75) is 13.5 Å². The normalized spacial score (nSPS) is 10.9. The fourth-order valence-electron chi connectivity index (χ4n) is 2.01. The standard InChI is InChI=1S/C17H16F2N2O3/c1-11-5-3-4-6-13(11)16(22)21-20-10-12-7-8-14(24-17(18)19)15(9-12)23-2/h3-10,17H,1-2H3,(H,21,22)/b20-10-. The van der Waals surface area contributed by atoms with Crippen molar-refractivity contribution in [2.75, 3.05) is 7.11 Å². The summed E-state index contributed by atoms with van der Waals surface area (Å²) in [6, 6.07) is 11.5. The van der Waals surface area contributed by atoms with Crippen LogP contribution in [0.5, 0.6) is 11.5 Å². The number of carbonyl (C=O) groups excluding carboxylic acids is 1.